The Kier molecular flexibility index (Phi) is 4.54. The van der Waals surface area contributed by atoms with Gasteiger partial charge in [-0.25, -0.2) is 13.1 Å². The number of rotatable bonds is 5. The van der Waals surface area contributed by atoms with Crippen molar-refractivity contribution >= 4 is 10.0 Å². The van der Waals surface area contributed by atoms with E-state index in [1.54, 1.807) is 0 Å². The minimum absolute atomic E-state index is 0.283. The van der Waals surface area contributed by atoms with E-state index >= 15 is 0 Å². The van der Waals surface area contributed by atoms with Crippen LogP contribution in [0.15, 0.2) is 12.1 Å². The Morgan fingerprint density at radius 3 is 2.29 bits per heavy atom. The summed E-state index contributed by atoms with van der Waals surface area (Å²) in [5, 5.41) is 0. The quantitative estimate of drug-likeness (QED) is 0.814. The van der Waals surface area contributed by atoms with Gasteiger partial charge < -0.3 is 4.74 Å². The van der Waals surface area contributed by atoms with Crippen LogP contribution < -0.4 is 9.46 Å². The van der Waals surface area contributed by atoms with Crippen LogP contribution in [-0.4, -0.2) is 27.8 Å². The third-order valence-electron chi connectivity index (χ3n) is 2.52. The fraction of sp³-hybridized carbons (Fsp3) is 0.500. The highest BCUT2D eigenvalue weighted by Gasteiger charge is 2.04. The molecule has 96 valence electrons. The number of hydrogen-bond acceptors (Lipinski definition) is 3. The van der Waals surface area contributed by atoms with Crippen molar-refractivity contribution in [2.45, 2.75) is 20.8 Å². The Bertz CT molecular complexity index is 495. The highest BCUT2D eigenvalue weighted by Crippen LogP contribution is 2.22. The maximum atomic E-state index is 10.8. The van der Waals surface area contributed by atoms with Crippen LogP contribution in [0.1, 0.15) is 16.7 Å². The highest BCUT2D eigenvalue weighted by atomic mass is 32.2. The molecule has 0 heterocycles. The number of sulfonamides is 1. The molecule has 0 fully saturated rings. The van der Waals surface area contributed by atoms with E-state index < -0.39 is 10.0 Å². The highest BCUT2D eigenvalue weighted by molar-refractivity contribution is 7.88. The lowest BCUT2D eigenvalue weighted by Crippen LogP contribution is -2.27. The molecule has 1 N–H and O–H groups in total. The zero-order valence-electron chi connectivity index (χ0n) is 10.7. The molecule has 0 atom stereocenters. The molecule has 1 rings (SSSR count). The Morgan fingerprint density at radius 2 is 1.71 bits per heavy atom. The molecule has 0 amide bonds. The molecule has 0 bridgehead atoms. The van der Waals surface area contributed by atoms with Gasteiger partial charge in [0.1, 0.15) is 12.4 Å². The van der Waals surface area contributed by atoms with Crippen molar-refractivity contribution in [1.29, 1.82) is 0 Å². The van der Waals surface area contributed by atoms with Crippen molar-refractivity contribution in [2.24, 2.45) is 0 Å². The van der Waals surface area contributed by atoms with Gasteiger partial charge in [-0.05, 0) is 43.5 Å². The summed E-state index contributed by atoms with van der Waals surface area (Å²) in [5.41, 5.74) is 3.46. The average molecular weight is 257 g/mol. The Balaban J connectivity index is 2.55. The average Bonchev–Trinajstić information content (AvgIpc) is 2.18. The molecule has 0 aliphatic rings. The lowest BCUT2D eigenvalue weighted by atomic mass is 10.1. The third kappa shape index (κ3) is 4.75. The Hall–Kier alpha value is -1.07. The van der Waals surface area contributed by atoms with Gasteiger partial charge in [0, 0.05) is 6.54 Å². The van der Waals surface area contributed by atoms with Crippen LogP contribution in [0.25, 0.3) is 0 Å². The number of nitrogens with one attached hydrogen (secondary N) is 1. The van der Waals surface area contributed by atoms with E-state index in [4.69, 9.17) is 4.74 Å². The van der Waals surface area contributed by atoms with Crippen molar-refractivity contribution in [2.75, 3.05) is 19.4 Å². The van der Waals surface area contributed by atoms with E-state index in [1.807, 2.05) is 19.9 Å². The van der Waals surface area contributed by atoms with E-state index in [-0.39, 0.29) is 6.54 Å². The zero-order chi connectivity index (χ0) is 13.1. The number of hydrogen-bond donors (Lipinski definition) is 1. The molecule has 0 saturated carbocycles. The SMILES string of the molecule is Cc1cc(C)c(OCCNS(C)(=O)=O)cc1C. The second kappa shape index (κ2) is 5.51. The molecule has 0 spiro atoms. The van der Waals surface area contributed by atoms with Gasteiger partial charge in [0.2, 0.25) is 10.0 Å². The topological polar surface area (TPSA) is 55.4 Å². The molecular weight excluding hydrogens is 238 g/mol. The Morgan fingerprint density at radius 1 is 1.12 bits per heavy atom. The monoisotopic (exact) mass is 257 g/mol. The van der Waals surface area contributed by atoms with Gasteiger partial charge in [0.15, 0.2) is 0 Å². The van der Waals surface area contributed by atoms with Gasteiger partial charge in [-0.1, -0.05) is 6.07 Å². The second-order valence-corrected chi connectivity index (χ2v) is 6.05. The maximum absolute atomic E-state index is 10.8. The predicted molar refractivity (Wildman–Crippen MR) is 69.0 cm³/mol. The van der Waals surface area contributed by atoms with Crippen LogP contribution in [0.2, 0.25) is 0 Å². The van der Waals surface area contributed by atoms with Gasteiger partial charge in [-0.15, -0.1) is 0 Å². The fourth-order valence-corrected chi connectivity index (χ4v) is 1.93. The first-order chi connectivity index (χ1) is 7.79. The van der Waals surface area contributed by atoms with E-state index in [0.29, 0.717) is 6.61 Å². The summed E-state index contributed by atoms with van der Waals surface area (Å²) in [6.07, 6.45) is 1.13. The summed E-state index contributed by atoms with van der Waals surface area (Å²) in [5.74, 6) is 0.809. The van der Waals surface area contributed by atoms with Gasteiger partial charge in [0.25, 0.3) is 0 Å². The molecule has 0 unspecified atom stereocenters. The molecule has 0 saturated heterocycles. The van der Waals surface area contributed by atoms with Crippen molar-refractivity contribution in [1.82, 2.24) is 4.72 Å². The van der Waals surface area contributed by atoms with E-state index in [1.165, 1.54) is 11.1 Å². The normalized spacial score (nSPS) is 11.5. The first-order valence-electron chi connectivity index (χ1n) is 5.45. The van der Waals surface area contributed by atoms with Crippen molar-refractivity contribution in [3.05, 3.63) is 28.8 Å². The molecule has 0 aliphatic carbocycles. The largest absolute Gasteiger partial charge is 0.492 e. The van der Waals surface area contributed by atoms with Crippen LogP contribution >= 0.6 is 0 Å². The van der Waals surface area contributed by atoms with Crippen molar-refractivity contribution in [3.63, 3.8) is 0 Å². The first kappa shape index (κ1) is 14.0. The molecule has 0 aliphatic heterocycles. The molecule has 0 aromatic heterocycles. The number of ether oxygens (including phenoxy) is 1. The lowest BCUT2D eigenvalue weighted by molar-refractivity contribution is 0.320. The Labute approximate surface area is 103 Å². The fourth-order valence-electron chi connectivity index (χ4n) is 1.48. The predicted octanol–water partition coefficient (Wildman–Crippen LogP) is 1.54. The number of aryl methyl sites for hydroxylation is 3. The molecular formula is C12H19NO3S. The van der Waals surface area contributed by atoms with Crippen LogP contribution in [0.3, 0.4) is 0 Å². The zero-order valence-corrected chi connectivity index (χ0v) is 11.5. The summed E-state index contributed by atoms with van der Waals surface area (Å²) in [6, 6.07) is 4.04. The summed E-state index contributed by atoms with van der Waals surface area (Å²) >= 11 is 0. The van der Waals surface area contributed by atoms with Gasteiger partial charge in [-0.3, -0.25) is 0 Å². The summed E-state index contributed by atoms with van der Waals surface area (Å²) in [7, 11) is -3.13. The standard InChI is InChI=1S/C12H19NO3S/c1-9-7-11(3)12(8-10(9)2)16-6-5-13-17(4,14)15/h7-8,13H,5-6H2,1-4H3. The van der Waals surface area contributed by atoms with E-state index in [9.17, 15) is 8.42 Å². The van der Waals surface area contributed by atoms with Crippen molar-refractivity contribution < 1.29 is 13.2 Å². The number of benzene rings is 1. The minimum atomic E-state index is -3.13. The summed E-state index contributed by atoms with van der Waals surface area (Å²) < 4.78 is 29.6. The second-order valence-electron chi connectivity index (χ2n) is 4.22. The van der Waals surface area contributed by atoms with Gasteiger partial charge >= 0.3 is 0 Å². The summed E-state index contributed by atoms with van der Waals surface area (Å²) in [6.45, 7) is 6.67. The van der Waals surface area contributed by atoms with Crippen molar-refractivity contribution in [3.8, 4) is 5.75 Å². The van der Waals surface area contributed by atoms with Crippen LogP contribution in [0.5, 0.6) is 5.75 Å². The third-order valence-corrected chi connectivity index (χ3v) is 3.24. The molecule has 4 nitrogen and oxygen atoms in total. The van der Waals surface area contributed by atoms with Crippen LogP contribution in [0, 0.1) is 20.8 Å². The maximum Gasteiger partial charge on any atom is 0.208 e. The molecule has 5 heteroatoms. The molecule has 17 heavy (non-hydrogen) atoms. The van der Waals surface area contributed by atoms with Gasteiger partial charge in [-0.2, -0.15) is 0 Å². The first-order valence-corrected chi connectivity index (χ1v) is 7.34. The van der Waals surface area contributed by atoms with E-state index in [0.717, 1.165) is 17.6 Å². The van der Waals surface area contributed by atoms with E-state index in [2.05, 4.69) is 17.7 Å². The molecule has 1 aromatic carbocycles. The van der Waals surface area contributed by atoms with Crippen LogP contribution in [0.4, 0.5) is 0 Å². The lowest BCUT2D eigenvalue weighted by Gasteiger charge is -2.11. The summed E-state index contributed by atoms with van der Waals surface area (Å²) in [4.78, 5) is 0. The van der Waals surface area contributed by atoms with Crippen LogP contribution in [-0.2, 0) is 10.0 Å². The minimum Gasteiger partial charge on any atom is -0.492 e. The van der Waals surface area contributed by atoms with Gasteiger partial charge in [0.05, 0.1) is 6.26 Å². The molecule has 0 radical (unpaired) electrons. The smallest absolute Gasteiger partial charge is 0.208 e. The molecule has 1 aromatic rings.